The minimum absolute atomic E-state index is 0.216. The van der Waals surface area contributed by atoms with Gasteiger partial charge >= 0.3 is 0 Å². The van der Waals surface area contributed by atoms with Gasteiger partial charge in [-0.1, -0.05) is 18.2 Å². The topological polar surface area (TPSA) is 80.8 Å². The third-order valence-corrected chi connectivity index (χ3v) is 6.26. The number of carbonyl (C=O) groups excluding carboxylic acids is 2. The van der Waals surface area contributed by atoms with E-state index in [0.717, 1.165) is 5.56 Å². The zero-order valence-electron chi connectivity index (χ0n) is 18.3. The molecule has 1 aliphatic rings. The van der Waals surface area contributed by atoms with Crippen molar-refractivity contribution in [1.82, 2.24) is 15.2 Å². The normalized spacial score (nSPS) is 15.8. The molecule has 1 atom stereocenters. The van der Waals surface area contributed by atoms with Crippen LogP contribution in [0.5, 0.6) is 5.75 Å². The van der Waals surface area contributed by atoms with Crippen LogP contribution in [0.25, 0.3) is 11.3 Å². The van der Waals surface area contributed by atoms with Crippen LogP contribution in [0.15, 0.2) is 47.8 Å². The molecule has 1 N–H and O–H groups in total. The van der Waals surface area contributed by atoms with Crippen molar-refractivity contribution in [3.63, 3.8) is 0 Å². The van der Waals surface area contributed by atoms with Crippen molar-refractivity contribution in [2.45, 2.75) is 13.0 Å². The van der Waals surface area contributed by atoms with Crippen molar-refractivity contribution < 1.29 is 23.5 Å². The van der Waals surface area contributed by atoms with Crippen molar-refractivity contribution >= 4 is 23.2 Å². The Hall–Kier alpha value is -3.30. The monoisotopic (exact) mass is 469 g/mol. The molecule has 1 saturated heterocycles. The molecule has 0 saturated carbocycles. The summed E-state index contributed by atoms with van der Waals surface area (Å²) in [5.74, 6) is -0.459. The highest BCUT2D eigenvalue weighted by molar-refractivity contribution is 7.12. The molecule has 0 bridgehead atoms. The number of nitrogens with one attached hydrogen (secondary N) is 1. The van der Waals surface area contributed by atoms with Gasteiger partial charge in [0, 0.05) is 24.0 Å². The maximum atomic E-state index is 14.3. The molecule has 2 amide bonds. The standard InChI is InChI=1S/C24H24FN3O4S/c1-15-7-8-17(19(25)11-15)20-14-33-23(27-20)24(30)28-9-10-32-13-16(28)12-26-22(29)18-5-3-4-6-21(18)31-2/h3-8,11,14,16H,9-10,12-13H2,1-2H3,(H,26,29)/t16-/m0/s1. The van der Waals surface area contributed by atoms with E-state index in [0.29, 0.717) is 42.3 Å². The zero-order chi connectivity index (χ0) is 23.4. The van der Waals surface area contributed by atoms with Crippen LogP contribution in [0.4, 0.5) is 4.39 Å². The van der Waals surface area contributed by atoms with Crippen LogP contribution in [0.2, 0.25) is 0 Å². The Morgan fingerprint density at radius 3 is 2.91 bits per heavy atom. The van der Waals surface area contributed by atoms with E-state index in [1.54, 1.807) is 40.6 Å². The van der Waals surface area contributed by atoms with E-state index in [2.05, 4.69) is 10.3 Å². The lowest BCUT2D eigenvalue weighted by atomic mass is 10.1. The fourth-order valence-corrected chi connectivity index (χ4v) is 4.45. The van der Waals surface area contributed by atoms with Crippen molar-refractivity contribution in [1.29, 1.82) is 0 Å². The number of morpholine rings is 1. The summed E-state index contributed by atoms with van der Waals surface area (Å²) in [4.78, 5) is 31.9. The Morgan fingerprint density at radius 1 is 1.30 bits per heavy atom. The van der Waals surface area contributed by atoms with Gasteiger partial charge in [0.25, 0.3) is 11.8 Å². The van der Waals surface area contributed by atoms with Crippen LogP contribution in [-0.4, -0.2) is 61.2 Å². The Morgan fingerprint density at radius 2 is 2.12 bits per heavy atom. The predicted molar refractivity (Wildman–Crippen MR) is 123 cm³/mol. The number of hydrogen-bond donors (Lipinski definition) is 1. The highest BCUT2D eigenvalue weighted by Crippen LogP contribution is 2.26. The first-order valence-electron chi connectivity index (χ1n) is 10.5. The van der Waals surface area contributed by atoms with Crippen LogP contribution in [0, 0.1) is 12.7 Å². The molecule has 7 nitrogen and oxygen atoms in total. The summed E-state index contributed by atoms with van der Waals surface area (Å²) >= 11 is 1.17. The summed E-state index contributed by atoms with van der Waals surface area (Å²) < 4.78 is 25.1. The Kier molecular flexibility index (Phi) is 7.00. The second kappa shape index (κ2) is 10.1. The summed E-state index contributed by atoms with van der Waals surface area (Å²) in [5, 5.41) is 4.82. The van der Waals surface area contributed by atoms with Gasteiger partial charge in [0.05, 0.1) is 37.6 Å². The molecule has 4 rings (SSSR count). The molecule has 1 fully saturated rings. The maximum absolute atomic E-state index is 14.3. The molecule has 0 unspecified atom stereocenters. The van der Waals surface area contributed by atoms with Crippen LogP contribution in [0.1, 0.15) is 25.7 Å². The van der Waals surface area contributed by atoms with Gasteiger partial charge in [-0.05, 0) is 36.8 Å². The highest BCUT2D eigenvalue weighted by Gasteiger charge is 2.30. The number of thiazole rings is 1. The molecule has 33 heavy (non-hydrogen) atoms. The molecule has 172 valence electrons. The Labute approximate surface area is 195 Å². The number of aromatic nitrogens is 1. The smallest absolute Gasteiger partial charge is 0.283 e. The summed E-state index contributed by atoms with van der Waals surface area (Å²) in [5.41, 5.74) is 2.02. The largest absolute Gasteiger partial charge is 0.496 e. The van der Waals surface area contributed by atoms with Crippen LogP contribution >= 0.6 is 11.3 Å². The molecule has 2 heterocycles. The quantitative estimate of drug-likeness (QED) is 0.597. The summed E-state index contributed by atoms with van der Waals surface area (Å²) in [6.07, 6.45) is 0. The fraction of sp³-hybridized carbons (Fsp3) is 0.292. The molecule has 2 aromatic carbocycles. The van der Waals surface area contributed by atoms with E-state index >= 15 is 0 Å². The first-order chi connectivity index (χ1) is 16.0. The van der Waals surface area contributed by atoms with Gasteiger partial charge in [-0.25, -0.2) is 9.37 Å². The average Bonchev–Trinajstić information content (AvgIpc) is 3.32. The molecule has 9 heteroatoms. The van der Waals surface area contributed by atoms with Gasteiger partial charge in [0.1, 0.15) is 11.6 Å². The molecule has 1 aliphatic heterocycles. The number of para-hydroxylation sites is 1. The summed E-state index contributed by atoms with van der Waals surface area (Å²) in [6, 6.07) is 11.5. The number of aryl methyl sites for hydroxylation is 1. The van der Waals surface area contributed by atoms with Gasteiger partial charge in [0.15, 0.2) is 5.01 Å². The molecule has 3 aromatic rings. The Balaban J connectivity index is 1.46. The third kappa shape index (κ3) is 5.04. The summed E-state index contributed by atoms with van der Waals surface area (Å²) in [7, 11) is 1.51. The number of hydrogen-bond acceptors (Lipinski definition) is 6. The number of amides is 2. The van der Waals surface area contributed by atoms with Crippen LogP contribution < -0.4 is 10.1 Å². The highest BCUT2D eigenvalue weighted by atomic mass is 32.1. The number of halogens is 1. The van der Waals surface area contributed by atoms with Gasteiger partial charge in [0.2, 0.25) is 0 Å². The van der Waals surface area contributed by atoms with E-state index in [1.807, 2.05) is 13.0 Å². The molecule has 0 radical (unpaired) electrons. The second-order valence-electron chi connectivity index (χ2n) is 7.66. The molecule has 0 aliphatic carbocycles. The van der Waals surface area contributed by atoms with Gasteiger partial charge in [-0.3, -0.25) is 9.59 Å². The SMILES string of the molecule is COc1ccccc1C(=O)NC[C@H]1COCCN1C(=O)c1nc(-c2ccc(C)cc2F)cs1. The summed E-state index contributed by atoms with van der Waals surface area (Å²) in [6.45, 7) is 3.10. The van der Waals surface area contributed by atoms with Crippen LogP contribution in [0.3, 0.4) is 0 Å². The predicted octanol–water partition coefficient (Wildman–Crippen LogP) is 3.54. The lowest BCUT2D eigenvalue weighted by Gasteiger charge is -2.35. The number of ether oxygens (including phenoxy) is 2. The van der Waals surface area contributed by atoms with Crippen molar-refractivity contribution in [2.75, 3.05) is 33.4 Å². The molecular weight excluding hydrogens is 445 g/mol. The van der Waals surface area contributed by atoms with Crippen molar-refractivity contribution in [2.24, 2.45) is 0 Å². The average molecular weight is 470 g/mol. The number of methoxy groups -OCH3 is 1. The minimum Gasteiger partial charge on any atom is -0.496 e. The van der Waals surface area contributed by atoms with E-state index < -0.39 is 0 Å². The Bertz CT molecular complexity index is 1170. The van der Waals surface area contributed by atoms with Crippen molar-refractivity contribution in [3.05, 3.63) is 69.8 Å². The zero-order valence-corrected chi connectivity index (χ0v) is 19.2. The lowest BCUT2D eigenvalue weighted by Crippen LogP contribution is -2.53. The van der Waals surface area contributed by atoms with Gasteiger partial charge < -0.3 is 19.7 Å². The number of nitrogens with zero attached hydrogens (tertiary/aromatic N) is 2. The second-order valence-corrected chi connectivity index (χ2v) is 8.52. The van der Waals surface area contributed by atoms with Gasteiger partial charge in [-0.15, -0.1) is 11.3 Å². The van der Waals surface area contributed by atoms with E-state index in [9.17, 15) is 14.0 Å². The number of rotatable bonds is 6. The first-order valence-corrected chi connectivity index (χ1v) is 11.4. The van der Waals surface area contributed by atoms with E-state index in [-0.39, 0.29) is 35.2 Å². The van der Waals surface area contributed by atoms with E-state index in [1.165, 1.54) is 24.5 Å². The van der Waals surface area contributed by atoms with Crippen molar-refractivity contribution in [3.8, 4) is 17.0 Å². The molecular formula is C24H24FN3O4S. The number of benzene rings is 2. The third-order valence-electron chi connectivity index (χ3n) is 5.43. The number of carbonyl (C=O) groups is 2. The van der Waals surface area contributed by atoms with Gasteiger partial charge in [-0.2, -0.15) is 0 Å². The molecule has 1 aromatic heterocycles. The van der Waals surface area contributed by atoms with E-state index in [4.69, 9.17) is 9.47 Å². The fourth-order valence-electron chi connectivity index (χ4n) is 3.68. The van der Waals surface area contributed by atoms with Crippen LogP contribution in [-0.2, 0) is 4.74 Å². The lowest BCUT2D eigenvalue weighted by molar-refractivity contribution is -0.00131. The first kappa shape index (κ1) is 22.9. The maximum Gasteiger partial charge on any atom is 0.283 e. The molecule has 0 spiro atoms. The minimum atomic E-state index is -0.373.